The maximum Gasteiger partial charge on any atom is 2.00 e. The van der Waals surface area contributed by atoms with Crippen LogP contribution in [0.15, 0.2) is 68.1 Å². The molecule has 0 amide bonds. The summed E-state index contributed by atoms with van der Waals surface area (Å²) in [5, 5.41) is 0. The van der Waals surface area contributed by atoms with E-state index >= 15 is 0 Å². The average molecular weight is 947 g/mol. The summed E-state index contributed by atoms with van der Waals surface area (Å²) in [5.41, 5.74) is 0. The third kappa shape index (κ3) is 30.4. The van der Waals surface area contributed by atoms with Crippen LogP contribution in [0.25, 0.3) is 0 Å². The minimum Gasteiger partial charge on any atom is -0.781 e. The Labute approximate surface area is 255 Å². The van der Waals surface area contributed by atoms with E-state index in [0.29, 0.717) is 0 Å². The van der Waals surface area contributed by atoms with Crippen LogP contribution in [0.4, 0.5) is 0 Å². The maximum atomic E-state index is 4.85. The van der Waals surface area contributed by atoms with Crippen molar-refractivity contribution in [1.29, 1.82) is 0 Å². The van der Waals surface area contributed by atoms with Gasteiger partial charge in [-0.05, 0) is 0 Å². The molecule has 0 bridgehead atoms. The number of hydrogen-bond acceptors (Lipinski definition) is 4. The normalized spacial score (nSPS) is 9.38. The van der Waals surface area contributed by atoms with Crippen molar-refractivity contribution in [3.63, 3.8) is 0 Å². The standard InChI is InChI=1S/2C6H6S2.2C5H14P2.2Pt/c2*7-5-3-1-2-4-6(5)8;2*1-6(2)5-7(3)4;;/h2*1-4,7-8H;2*5H2,1-4H3;;/q;;;;2*+2. The van der Waals surface area contributed by atoms with Gasteiger partial charge >= 0.3 is 42.1 Å². The third-order valence-corrected chi connectivity index (χ3v) is 16.1. The SMILES string of the molecule is C[PH+](C)C[PH+](C)C.C[PH+](C)C[PH+](C)C.[Pt+2].[Pt+2].[S-]c1ccccc1[S-].[S-]c1ccccc1[S-]. The molecule has 0 saturated carbocycles. The van der Waals surface area contributed by atoms with Crippen molar-refractivity contribution in [3.8, 4) is 0 Å². The molecule has 0 aliphatic carbocycles. The molecule has 2 rings (SSSR count). The van der Waals surface area contributed by atoms with Crippen molar-refractivity contribution in [2.45, 2.75) is 19.6 Å². The second-order valence-electron chi connectivity index (χ2n) is 8.08. The molecule has 0 N–H and O–H groups in total. The zero-order valence-corrected chi connectivity index (χ0v) is 32.1. The predicted octanol–water partition coefficient (Wildman–Crippen LogP) is 6.77. The van der Waals surface area contributed by atoms with Crippen LogP contribution in [0, 0.1) is 0 Å². The van der Waals surface area contributed by atoms with E-state index in [1.165, 1.54) is 0 Å². The monoisotopic (exact) mass is 946 g/mol. The largest absolute Gasteiger partial charge is 2.00 e. The molecular formula is C22H40P4Pt2S4+4. The Balaban J connectivity index is -0.000000161. The Morgan fingerprint density at radius 1 is 0.438 bits per heavy atom. The van der Waals surface area contributed by atoms with Crippen molar-refractivity contribution in [1.82, 2.24) is 0 Å². The van der Waals surface area contributed by atoms with E-state index in [2.05, 4.69) is 53.3 Å². The fourth-order valence-electron chi connectivity index (χ4n) is 2.31. The molecule has 0 spiro atoms. The molecule has 0 aliphatic rings. The van der Waals surface area contributed by atoms with Crippen LogP contribution >= 0.6 is 31.7 Å². The topological polar surface area (TPSA) is 0 Å². The molecule has 32 heavy (non-hydrogen) atoms. The Morgan fingerprint density at radius 3 is 0.656 bits per heavy atom. The molecule has 188 valence electrons. The molecule has 0 radical (unpaired) electrons. The van der Waals surface area contributed by atoms with Gasteiger partial charge in [0.15, 0.2) is 11.8 Å². The van der Waals surface area contributed by atoms with Crippen molar-refractivity contribution in [2.75, 3.05) is 65.1 Å². The average Bonchev–Trinajstić information content (AvgIpc) is 2.59. The number of benzene rings is 2. The van der Waals surface area contributed by atoms with E-state index in [4.69, 9.17) is 50.5 Å². The Kier molecular flexibility index (Phi) is 34.4. The van der Waals surface area contributed by atoms with E-state index in [1.54, 1.807) is 11.8 Å². The van der Waals surface area contributed by atoms with Gasteiger partial charge in [-0.1, -0.05) is 48.5 Å². The fourth-order valence-corrected chi connectivity index (χ4v) is 14.2. The van der Waals surface area contributed by atoms with E-state index < -0.39 is 0 Å². The predicted molar refractivity (Wildman–Crippen MR) is 166 cm³/mol. The van der Waals surface area contributed by atoms with Gasteiger partial charge < -0.3 is 50.5 Å². The summed E-state index contributed by atoms with van der Waals surface area (Å²) in [7, 11) is 0.444. The Morgan fingerprint density at radius 2 is 0.594 bits per heavy atom. The smallest absolute Gasteiger partial charge is 0.781 e. The fraction of sp³-hybridized carbons (Fsp3) is 0.455. The van der Waals surface area contributed by atoms with Gasteiger partial charge in [-0.3, -0.25) is 0 Å². The van der Waals surface area contributed by atoms with E-state index in [0.717, 1.165) is 19.6 Å². The first-order chi connectivity index (χ1) is 13.9. The van der Waals surface area contributed by atoms with Gasteiger partial charge in [-0.2, -0.15) is 19.6 Å². The molecule has 10 heteroatoms. The van der Waals surface area contributed by atoms with Gasteiger partial charge in [0, 0.05) is 85.0 Å². The summed E-state index contributed by atoms with van der Waals surface area (Å²) in [4.78, 5) is 3.06. The number of rotatable bonds is 4. The zero-order valence-electron chi connectivity index (χ0n) is 20.3. The van der Waals surface area contributed by atoms with Crippen molar-refractivity contribution in [3.05, 3.63) is 48.5 Å². The van der Waals surface area contributed by atoms with Gasteiger partial charge in [-0.15, -0.1) is 0 Å². The summed E-state index contributed by atoms with van der Waals surface area (Å²) in [6, 6.07) is 14.9. The van der Waals surface area contributed by atoms with Crippen LogP contribution in [-0.2, 0) is 92.6 Å². The van der Waals surface area contributed by atoms with E-state index in [9.17, 15) is 0 Å². The first-order valence-corrected chi connectivity index (χ1v) is 22.3. The van der Waals surface area contributed by atoms with Crippen LogP contribution in [0.2, 0.25) is 0 Å². The van der Waals surface area contributed by atoms with Gasteiger partial charge in [0.25, 0.3) is 0 Å². The molecule has 0 nitrogen and oxygen atoms in total. The molecule has 0 unspecified atom stereocenters. The second-order valence-corrected chi connectivity index (χ2v) is 22.3. The number of hydrogen-bond donors (Lipinski definition) is 0. The first-order valence-electron chi connectivity index (χ1n) is 9.89. The quantitative estimate of drug-likeness (QED) is 0.245. The molecular weight excluding hydrogens is 907 g/mol. The van der Waals surface area contributed by atoms with Crippen LogP contribution in [0.5, 0.6) is 0 Å². The maximum absolute atomic E-state index is 4.85. The Hall–Kier alpha value is 2.42. The van der Waals surface area contributed by atoms with Crippen LogP contribution in [-0.4, -0.2) is 65.1 Å². The molecule has 0 saturated heterocycles. The molecule has 0 atom stereocenters. The van der Waals surface area contributed by atoms with Crippen LogP contribution < -0.4 is 0 Å². The van der Waals surface area contributed by atoms with Crippen molar-refractivity contribution in [2.24, 2.45) is 0 Å². The zero-order chi connectivity index (χ0) is 23.7. The summed E-state index contributed by atoms with van der Waals surface area (Å²) >= 11 is 19.4. The minimum atomic E-state index is 0. The van der Waals surface area contributed by atoms with Crippen molar-refractivity contribution >= 4 is 82.2 Å². The summed E-state index contributed by atoms with van der Waals surface area (Å²) in [5.74, 6) is 3.13. The second kappa shape index (κ2) is 26.5. The Bertz CT molecular complexity index is 564. The molecule has 0 fully saturated rings. The van der Waals surface area contributed by atoms with E-state index in [1.807, 2.05) is 48.5 Å². The third-order valence-electron chi connectivity index (χ3n) is 3.11. The minimum absolute atomic E-state index is 0. The van der Waals surface area contributed by atoms with Gasteiger partial charge in [0.1, 0.15) is 0 Å². The van der Waals surface area contributed by atoms with Crippen LogP contribution in [0.1, 0.15) is 0 Å². The first kappa shape index (κ1) is 41.5. The summed E-state index contributed by atoms with van der Waals surface area (Å²) < 4.78 is 0. The molecule has 0 heterocycles. The van der Waals surface area contributed by atoms with E-state index in [-0.39, 0.29) is 73.8 Å². The van der Waals surface area contributed by atoms with Crippen molar-refractivity contribution < 1.29 is 42.1 Å². The van der Waals surface area contributed by atoms with Gasteiger partial charge in [0.05, 0.1) is 0 Å². The summed E-state index contributed by atoms with van der Waals surface area (Å²) in [6.45, 7) is 19.1. The van der Waals surface area contributed by atoms with Gasteiger partial charge in [-0.25, -0.2) is 0 Å². The molecule has 0 aromatic heterocycles. The summed E-state index contributed by atoms with van der Waals surface area (Å²) in [6.07, 6.45) is 0. The molecule has 2 aromatic carbocycles. The van der Waals surface area contributed by atoms with Crippen LogP contribution in [0.3, 0.4) is 0 Å². The molecule has 2 aromatic rings. The van der Waals surface area contributed by atoms with Gasteiger partial charge in [0.2, 0.25) is 0 Å². The molecule has 0 aliphatic heterocycles.